The van der Waals surface area contributed by atoms with Gasteiger partial charge in [-0.2, -0.15) is 0 Å². The third-order valence-electron chi connectivity index (χ3n) is 3.06. The molecule has 0 radical (unpaired) electrons. The summed E-state index contributed by atoms with van der Waals surface area (Å²) in [6.07, 6.45) is 10.6. The predicted molar refractivity (Wildman–Crippen MR) is 65.7 cm³/mol. The highest BCUT2D eigenvalue weighted by Gasteiger charge is 2.26. The van der Waals surface area contributed by atoms with E-state index in [0.29, 0.717) is 6.85 Å². The number of fused-ring (bicyclic) bond motifs is 3. The van der Waals surface area contributed by atoms with Crippen LogP contribution in [0.2, 0.25) is 0 Å². The molecule has 2 heteroatoms. The minimum atomic E-state index is 0.385. The molecular formula is C13H12BN. The van der Waals surface area contributed by atoms with E-state index >= 15 is 0 Å². The van der Waals surface area contributed by atoms with E-state index in [0.717, 1.165) is 0 Å². The third-order valence-corrected chi connectivity index (χ3v) is 3.06. The van der Waals surface area contributed by atoms with Crippen molar-refractivity contribution in [1.82, 2.24) is 4.81 Å². The van der Waals surface area contributed by atoms with Crippen LogP contribution in [0.15, 0.2) is 48.7 Å². The van der Waals surface area contributed by atoms with Crippen LogP contribution in [0.5, 0.6) is 0 Å². The fourth-order valence-corrected chi connectivity index (χ4v) is 2.32. The quantitative estimate of drug-likeness (QED) is 0.570. The molecule has 0 saturated heterocycles. The number of hydrogen-bond donors (Lipinski definition) is 0. The smallest absolute Gasteiger partial charge is 0.320 e. The fraction of sp³-hybridized carbons (Fsp3) is 0.0769. The number of nitrogens with zero attached hydrogens (tertiary/aromatic N) is 1. The Labute approximate surface area is 90.5 Å². The average Bonchev–Trinajstić information content (AvgIpc) is 2.29. The van der Waals surface area contributed by atoms with Crippen molar-refractivity contribution in [3.63, 3.8) is 0 Å². The molecule has 0 atom stereocenters. The fourth-order valence-electron chi connectivity index (χ4n) is 2.32. The van der Waals surface area contributed by atoms with E-state index in [1.165, 1.54) is 16.6 Å². The Morgan fingerprint density at radius 3 is 3.00 bits per heavy atom. The standard InChI is InChI=1S/C13H12BN/c1-11-5-4-6-12-7-10-15-9-3-2-8-14(15)13(11)12/h2-10H,1H3. The average molecular weight is 193 g/mol. The van der Waals surface area contributed by atoms with Crippen LogP contribution in [0.1, 0.15) is 11.1 Å². The van der Waals surface area contributed by atoms with Crippen molar-refractivity contribution in [2.45, 2.75) is 6.92 Å². The molecule has 72 valence electrons. The topological polar surface area (TPSA) is 3.24 Å². The first-order chi connectivity index (χ1) is 7.36. The molecule has 1 nitrogen and oxygen atoms in total. The maximum absolute atomic E-state index is 2.25. The van der Waals surface area contributed by atoms with Gasteiger partial charge in [0.05, 0.1) is 0 Å². The summed E-state index contributed by atoms with van der Waals surface area (Å²) in [5.74, 6) is 2.25. The van der Waals surface area contributed by atoms with Gasteiger partial charge in [-0.1, -0.05) is 35.8 Å². The Kier molecular flexibility index (Phi) is 1.81. The van der Waals surface area contributed by atoms with Gasteiger partial charge in [-0.15, -0.1) is 0 Å². The SMILES string of the molecule is Cc1cccc2c1B1C=CC=CN1C=C2. The number of benzene rings is 1. The highest BCUT2D eigenvalue weighted by Crippen LogP contribution is 2.17. The first-order valence-electron chi connectivity index (χ1n) is 5.26. The summed E-state index contributed by atoms with van der Waals surface area (Å²) < 4.78 is 0. The van der Waals surface area contributed by atoms with Gasteiger partial charge in [-0.25, -0.2) is 0 Å². The Bertz CT molecular complexity index is 485. The zero-order valence-electron chi connectivity index (χ0n) is 8.72. The lowest BCUT2D eigenvalue weighted by molar-refractivity contribution is 0.797. The van der Waals surface area contributed by atoms with Crippen molar-refractivity contribution >= 4 is 18.4 Å². The van der Waals surface area contributed by atoms with Gasteiger partial charge in [-0.05, 0) is 42.5 Å². The molecule has 1 aromatic rings. The number of allylic oxidation sites excluding steroid dienone is 2. The maximum Gasteiger partial charge on any atom is 0.320 e. The number of hydrogen-bond acceptors (Lipinski definition) is 1. The molecule has 2 aliphatic rings. The molecular weight excluding hydrogens is 181 g/mol. The largest absolute Gasteiger partial charge is 0.389 e. The molecule has 2 heterocycles. The summed E-state index contributed by atoms with van der Waals surface area (Å²) in [6, 6.07) is 6.49. The van der Waals surface area contributed by atoms with E-state index in [-0.39, 0.29) is 0 Å². The van der Waals surface area contributed by atoms with Crippen LogP contribution in [-0.2, 0) is 0 Å². The van der Waals surface area contributed by atoms with Crippen molar-refractivity contribution < 1.29 is 0 Å². The molecule has 0 N–H and O–H groups in total. The molecule has 3 rings (SSSR count). The van der Waals surface area contributed by atoms with Crippen molar-refractivity contribution in [1.29, 1.82) is 0 Å². The molecule has 0 fully saturated rings. The molecule has 0 aliphatic carbocycles. The summed E-state index contributed by atoms with van der Waals surface area (Å²) >= 11 is 0. The van der Waals surface area contributed by atoms with Crippen molar-refractivity contribution in [2.75, 3.05) is 0 Å². The lowest BCUT2D eigenvalue weighted by atomic mass is 9.50. The molecule has 1 aromatic carbocycles. The predicted octanol–water partition coefficient (Wildman–Crippen LogP) is 2.10. The first kappa shape index (κ1) is 8.60. The number of rotatable bonds is 0. The lowest BCUT2D eigenvalue weighted by Gasteiger charge is -2.30. The summed E-state index contributed by atoms with van der Waals surface area (Å²) in [7, 11) is 0. The highest BCUT2D eigenvalue weighted by atomic mass is 15.0. The van der Waals surface area contributed by atoms with E-state index in [1.54, 1.807) is 0 Å². The number of aryl methyl sites for hydroxylation is 1. The van der Waals surface area contributed by atoms with Crippen molar-refractivity contribution in [3.8, 4) is 0 Å². The van der Waals surface area contributed by atoms with Crippen LogP contribution in [0.3, 0.4) is 0 Å². The van der Waals surface area contributed by atoms with Gasteiger partial charge in [-0.3, -0.25) is 0 Å². The van der Waals surface area contributed by atoms with E-state index < -0.39 is 0 Å². The Balaban J connectivity index is 2.20. The van der Waals surface area contributed by atoms with Crippen LogP contribution in [0.4, 0.5) is 0 Å². The second kappa shape index (κ2) is 3.16. The van der Waals surface area contributed by atoms with Gasteiger partial charge >= 0.3 is 6.85 Å². The van der Waals surface area contributed by atoms with E-state index in [1.807, 2.05) is 0 Å². The summed E-state index contributed by atoms with van der Waals surface area (Å²) in [4.78, 5) is 2.25. The summed E-state index contributed by atoms with van der Waals surface area (Å²) in [6.45, 7) is 2.57. The molecule has 0 saturated carbocycles. The first-order valence-corrected chi connectivity index (χ1v) is 5.26. The second-order valence-corrected chi connectivity index (χ2v) is 4.01. The van der Waals surface area contributed by atoms with Crippen LogP contribution < -0.4 is 5.46 Å². The van der Waals surface area contributed by atoms with Crippen molar-refractivity contribution in [3.05, 3.63) is 59.9 Å². The zero-order valence-corrected chi connectivity index (χ0v) is 8.72. The Morgan fingerprint density at radius 2 is 2.07 bits per heavy atom. The van der Waals surface area contributed by atoms with Gasteiger partial charge in [0.2, 0.25) is 0 Å². The summed E-state index contributed by atoms with van der Waals surface area (Å²) in [5.41, 5.74) is 4.14. The Morgan fingerprint density at radius 1 is 1.13 bits per heavy atom. The third kappa shape index (κ3) is 1.25. The van der Waals surface area contributed by atoms with E-state index in [9.17, 15) is 0 Å². The molecule has 0 aromatic heterocycles. The lowest BCUT2D eigenvalue weighted by Crippen LogP contribution is -2.46. The normalized spacial score (nSPS) is 16.6. The van der Waals surface area contributed by atoms with Crippen LogP contribution in [0.25, 0.3) is 6.08 Å². The zero-order chi connectivity index (χ0) is 10.3. The van der Waals surface area contributed by atoms with Crippen molar-refractivity contribution in [2.24, 2.45) is 0 Å². The molecule has 2 aliphatic heterocycles. The van der Waals surface area contributed by atoms with E-state index in [2.05, 4.69) is 66.5 Å². The van der Waals surface area contributed by atoms with Gasteiger partial charge in [0.15, 0.2) is 0 Å². The van der Waals surface area contributed by atoms with Crippen LogP contribution in [-0.4, -0.2) is 11.7 Å². The van der Waals surface area contributed by atoms with Gasteiger partial charge in [0, 0.05) is 0 Å². The minimum Gasteiger partial charge on any atom is -0.389 e. The van der Waals surface area contributed by atoms with Crippen LogP contribution >= 0.6 is 0 Å². The monoisotopic (exact) mass is 193 g/mol. The molecule has 0 amide bonds. The Hall–Kier alpha value is -1.70. The van der Waals surface area contributed by atoms with E-state index in [4.69, 9.17) is 0 Å². The van der Waals surface area contributed by atoms with Gasteiger partial charge in [0.25, 0.3) is 0 Å². The second-order valence-electron chi connectivity index (χ2n) is 4.01. The highest BCUT2D eigenvalue weighted by molar-refractivity contribution is 6.77. The summed E-state index contributed by atoms with van der Waals surface area (Å²) in [5, 5.41) is 0. The maximum atomic E-state index is 2.25. The minimum absolute atomic E-state index is 0.385. The molecule has 0 unspecified atom stereocenters. The molecule has 15 heavy (non-hydrogen) atoms. The van der Waals surface area contributed by atoms with Gasteiger partial charge in [0.1, 0.15) is 0 Å². The molecule has 0 bridgehead atoms. The van der Waals surface area contributed by atoms with Crippen LogP contribution in [0, 0.1) is 6.92 Å². The van der Waals surface area contributed by atoms with Gasteiger partial charge < -0.3 is 4.81 Å². The molecule has 0 spiro atoms.